The zero-order valence-electron chi connectivity index (χ0n) is 13.2. The summed E-state index contributed by atoms with van der Waals surface area (Å²) in [4.78, 5) is 12.5. The molecule has 2 rings (SSSR count). The minimum absolute atomic E-state index is 0.0218. The summed E-state index contributed by atoms with van der Waals surface area (Å²) >= 11 is 3.41. The van der Waals surface area contributed by atoms with Gasteiger partial charge < -0.3 is 14.8 Å². The lowest BCUT2D eigenvalue weighted by molar-refractivity contribution is 0.0892. The number of para-hydroxylation sites is 1. The highest BCUT2D eigenvalue weighted by Gasteiger charge is 2.16. The Labute approximate surface area is 144 Å². The first-order valence-electron chi connectivity index (χ1n) is 7.46. The SMILES string of the molecule is CCC(COC)NC(=O)c1ccccc1Oc1cccc(Br)c1. The number of amides is 1. The van der Waals surface area contributed by atoms with E-state index in [0.717, 1.165) is 10.9 Å². The second-order valence-electron chi connectivity index (χ2n) is 5.09. The summed E-state index contributed by atoms with van der Waals surface area (Å²) in [7, 11) is 1.62. The van der Waals surface area contributed by atoms with Crippen molar-refractivity contribution in [3.63, 3.8) is 0 Å². The fourth-order valence-electron chi connectivity index (χ4n) is 2.13. The summed E-state index contributed by atoms with van der Waals surface area (Å²) in [5.41, 5.74) is 0.502. The number of rotatable bonds is 7. The summed E-state index contributed by atoms with van der Waals surface area (Å²) in [5, 5.41) is 2.97. The number of halogens is 1. The summed E-state index contributed by atoms with van der Waals surface area (Å²) in [6.45, 7) is 2.49. The second kappa shape index (κ2) is 8.70. The number of ether oxygens (including phenoxy) is 2. The number of methoxy groups -OCH3 is 1. The number of nitrogens with one attached hydrogen (secondary N) is 1. The molecule has 0 heterocycles. The molecule has 1 N–H and O–H groups in total. The Balaban J connectivity index is 2.18. The number of hydrogen-bond donors (Lipinski definition) is 1. The topological polar surface area (TPSA) is 47.6 Å². The first-order valence-corrected chi connectivity index (χ1v) is 8.25. The standard InChI is InChI=1S/C18H20BrNO3/c1-3-14(12-22-2)20-18(21)16-9-4-5-10-17(16)23-15-8-6-7-13(19)11-15/h4-11,14H,3,12H2,1-2H3,(H,20,21). The van der Waals surface area contributed by atoms with Crippen LogP contribution >= 0.6 is 15.9 Å². The van der Waals surface area contributed by atoms with Gasteiger partial charge in [0.25, 0.3) is 5.91 Å². The van der Waals surface area contributed by atoms with Gasteiger partial charge in [-0.2, -0.15) is 0 Å². The van der Waals surface area contributed by atoms with Gasteiger partial charge in [0.1, 0.15) is 11.5 Å². The quantitative estimate of drug-likeness (QED) is 0.777. The molecule has 0 spiro atoms. The van der Waals surface area contributed by atoms with E-state index in [2.05, 4.69) is 21.2 Å². The molecule has 1 amide bonds. The second-order valence-corrected chi connectivity index (χ2v) is 6.01. The Morgan fingerprint density at radius 2 is 2.00 bits per heavy atom. The van der Waals surface area contributed by atoms with E-state index in [0.29, 0.717) is 23.7 Å². The smallest absolute Gasteiger partial charge is 0.255 e. The van der Waals surface area contributed by atoms with Crippen molar-refractivity contribution < 1.29 is 14.3 Å². The molecular formula is C18H20BrNO3. The van der Waals surface area contributed by atoms with Crippen LogP contribution in [0.2, 0.25) is 0 Å². The summed E-state index contributed by atoms with van der Waals surface area (Å²) in [5.74, 6) is 1.03. The predicted molar refractivity (Wildman–Crippen MR) is 94.1 cm³/mol. The van der Waals surface area contributed by atoms with Gasteiger partial charge in [-0.3, -0.25) is 4.79 Å². The molecule has 2 aromatic rings. The van der Waals surface area contributed by atoms with Gasteiger partial charge >= 0.3 is 0 Å². The van der Waals surface area contributed by atoms with Crippen LogP contribution in [0.25, 0.3) is 0 Å². The van der Waals surface area contributed by atoms with Crippen LogP contribution < -0.4 is 10.1 Å². The van der Waals surface area contributed by atoms with Crippen LogP contribution in [-0.2, 0) is 4.74 Å². The maximum absolute atomic E-state index is 12.5. The van der Waals surface area contributed by atoms with E-state index in [1.165, 1.54) is 0 Å². The van der Waals surface area contributed by atoms with Crippen molar-refractivity contribution in [3.05, 3.63) is 58.6 Å². The maximum atomic E-state index is 12.5. The van der Waals surface area contributed by atoms with Crippen LogP contribution in [-0.4, -0.2) is 25.7 Å². The molecule has 1 unspecified atom stereocenters. The number of benzene rings is 2. The Morgan fingerprint density at radius 3 is 2.70 bits per heavy atom. The van der Waals surface area contributed by atoms with E-state index >= 15 is 0 Å². The first kappa shape index (κ1) is 17.5. The van der Waals surface area contributed by atoms with Crippen LogP contribution in [0.1, 0.15) is 23.7 Å². The first-order chi connectivity index (χ1) is 11.1. The Kier molecular flexibility index (Phi) is 6.62. The van der Waals surface area contributed by atoms with E-state index in [1.807, 2.05) is 43.3 Å². The highest BCUT2D eigenvalue weighted by atomic mass is 79.9. The average Bonchev–Trinajstić information content (AvgIpc) is 2.55. The Hall–Kier alpha value is -1.85. The maximum Gasteiger partial charge on any atom is 0.255 e. The van der Waals surface area contributed by atoms with Gasteiger partial charge in [-0.1, -0.05) is 41.1 Å². The van der Waals surface area contributed by atoms with Crippen molar-refractivity contribution in [3.8, 4) is 11.5 Å². The minimum Gasteiger partial charge on any atom is -0.456 e. The van der Waals surface area contributed by atoms with Crippen LogP contribution in [0.3, 0.4) is 0 Å². The molecule has 2 aromatic carbocycles. The average molecular weight is 378 g/mol. The Bertz CT molecular complexity index is 660. The molecule has 1 atom stereocenters. The van der Waals surface area contributed by atoms with E-state index < -0.39 is 0 Å². The van der Waals surface area contributed by atoms with Gasteiger partial charge in [-0.05, 0) is 36.8 Å². The molecule has 0 saturated heterocycles. The van der Waals surface area contributed by atoms with Crippen LogP contribution in [0.5, 0.6) is 11.5 Å². The molecule has 0 aliphatic heterocycles. The fourth-order valence-corrected chi connectivity index (χ4v) is 2.50. The van der Waals surface area contributed by atoms with Gasteiger partial charge in [0.05, 0.1) is 18.2 Å². The molecule has 0 aromatic heterocycles. The monoisotopic (exact) mass is 377 g/mol. The van der Waals surface area contributed by atoms with Crippen molar-refractivity contribution in [2.75, 3.05) is 13.7 Å². The van der Waals surface area contributed by atoms with Crippen LogP contribution in [0, 0.1) is 0 Å². The van der Waals surface area contributed by atoms with E-state index in [-0.39, 0.29) is 11.9 Å². The van der Waals surface area contributed by atoms with Crippen molar-refractivity contribution in [2.24, 2.45) is 0 Å². The van der Waals surface area contributed by atoms with Gasteiger partial charge in [0.2, 0.25) is 0 Å². The molecule has 5 heteroatoms. The molecule has 4 nitrogen and oxygen atoms in total. The summed E-state index contributed by atoms with van der Waals surface area (Å²) < 4.78 is 11.9. The molecule has 0 aliphatic rings. The van der Waals surface area contributed by atoms with Crippen molar-refractivity contribution in [1.29, 1.82) is 0 Å². The lowest BCUT2D eigenvalue weighted by Crippen LogP contribution is -2.37. The molecular weight excluding hydrogens is 358 g/mol. The molecule has 0 aliphatic carbocycles. The third-order valence-corrected chi connectivity index (χ3v) is 3.84. The van der Waals surface area contributed by atoms with Gasteiger partial charge in [-0.25, -0.2) is 0 Å². The molecule has 0 bridgehead atoms. The third-order valence-electron chi connectivity index (χ3n) is 3.35. The summed E-state index contributed by atoms with van der Waals surface area (Å²) in [6.07, 6.45) is 0.800. The van der Waals surface area contributed by atoms with Gasteiger partial charge in [0.15, 0.2) is 0 Å². The zero-order chi connectivity index (χ0) is 16.7. The number of carbonyl (C=O) groups excluding carboxylic acids is 1. The van der Waals surface area contributed by atoms with Crippen LogP contribution in [0.15, 0.2) is 53.0 Å². The van der Waals surface area contributed by atoms with E-state index in [4.69, 9.17) is 9.47 Å². The van der Waals surface area contributed by atoms with Crippen molar-refractivity contribution in [1.82, 2.24) is 5.32 Å². The lowest BCUT2D eigenvalue weighted by atomic mass is 10.1. The lowest BCUT2D eigenvalue weighted by Gasteiger charge is -2.17. The normalized spacial score (nSPS) is 11.8. The molecule has 0 radical (unpaired) electrons. The fraction of sp³-hybridized carbons (Fsp3) is 0.278. The number of hydrogen-bond acceptors (Lipinski definition) is 3. The zero-order valence-corrected chi connectivity index (χ0v) is 14.8. The Morgan fingerprint density at radius 1 is 1.22 bits per heavy atom. The minimum atomic E-state index is -0.167. The highest BCUT2D eigenvalue weighted by Crippen LogP contribution is 2.27. The van der Waals surface area contributed by atoms with E-state index in [1.54, 1.807) is 19.2 Å². The summed E-state index contributed by atoms with van der Waals surface area (Å²) in [6, 6.07) is 14.7. The third kappa shape index (κ3) is 5.08. The van der Waals surface area contributed by atoms with E-state index in [9.17, 15) is 4.79 Å². The molecule has 0 fully saturated rings. The molecule has 122 valence electrons. The molecule has 23 heavy (non-hydrogen) atoms. The van der Waals surface area contributed by atoms with Crippen molar-refractivity contribution in [2.45, 2.75) is 19.4 Å². The number of carbonyl (C=O) groups is 1. The molecule has 0 saturated carbocycles. The van der Waals surface area contributed by atoms with Crippen molar-refractivity contribution >= 4 is 21.8 Å². The van der Waals surface area contributed by atoms with Crippen LogP contribution in [0.4, 0.5) is 0 Å². The predicted octanol–water partition coefficient (Wildman–Crippen LogP) is 4.40. The van der Waals surface area contributed by atoms with Gasteiger partial charge in [0, 0.05) is 11.6 Å². The largest absolute Gasteiger partial charge is 0.456 e. The van der Waals surface area contributed by atoms with Gasteiger partial charge in [-0.15, -0.1) is 0 Å². The highest BCUT2D eigenvalue weighted by molar-refractivity contribution is 9.10.